The highest BCUT2D eigenvalue weighted by molar-refractivity contribution is 9.10. The van der Waals surface area contributed by atoms with Crippen molar-refractivity contribution in [3.8, 4) is 0 Å². The van der Waals surface area contributed by atoms with Crippen LogP contribution in [0.3, 0.4) is 0 Å². The van der Waals surface area contributed by atoms with E-state index in [-0.39, 0.29) is 6.54 Å². The smallest absolute Gasteiger partial charge is 0.411 e. The molecule has 7 heteroatoms. The minimum absolute atomic E-state index is 0.0600. The van der Waals surface area contributed by atoms with Crippen LogP contribution in [0.1, 0.15) is 0 Å². The molecule has 0 spiro atoms. The van der Waals surface area contributed by atoms with Gasteiger partial charge in [-0.05, 0) is 36.4 Å². The standard InChI is InChI=1S/C15H10Br2N2O3/c16-8-1-3-12-10(5-8)11-6-9(17)2-4-13(11)19(12)7-14(20)18-15(21)22/h1-6H,7H2,(H,18,20)(H,21,22). The predicted octanol–water partition coefficient (Wildman–Crippen LogP) is 4.11. The largest absolute Gasteiger partial charge is 0.465 e. The molecular weight excluding hydrogens is 416 g/mol. The summed E-state index contributed by atoms with van der Waals surface area (Å²) in [4.78, 5) is 22.4. The summed E-state index contributed by atoms with van der Waals surface area (Å²) in [7, 11) is 0. The number of halogens is 2. The van der Waals surface area contributed by atoms with E-state index < -0.39 is 12.0 Å². The molecule has 0 bridgehead atoms. The van der Waals surface area contributed by atoms with Crippen LogP contribution in [-0.4, -0.2) is 21.7 Å². The van der Waals surface area contributed by atoms with Gasteiger partial charge in [0.1, 0.15) is 6.54 Å². The Morgan fingerprint density at radius 2 is 1.50 bits per heavy atom. The number of rotatable bonds is 2. The Balaban J connectivity index is 2.22. The predicted molar refractivity (Wildman–Crippen MR) is 91.0 cm³/mol. The number of amides is 2. The number of carboxylic acid groups (broad SMARTS) is 1. The lowest BCUT2D eigenvalue weighted by molar-refractivity contribution is -0.120. The van der Waals surface area contributed by atoms with Crippen LogP contribution in [-0.2, 0) is 11.3 Å². The van der Waals surface area contributed by atoms with Gasteiger partial charge in [0.25, 0.3) is 0 Å². The minimum atomic E-state index is -1.35. The topological polar surface area (TPSA) is 71.3 Å². The molecule has 0 aliphatic rings. The van der Waals surface area contributed by atoms with Crippen molar-refractivity contribution in [3.63, 3.8) is 0 Å². The number of hydrogen-bond donors (Lipinski definition) is 2. The molecule has 3 rings (SSSR count). The Bertz CT molecular complexity index is 859. The Morgan fingerprint density at radius 1 is 1.00 bits per heavy atom. The van der Waals surface area contributed by atoms with E-state index in [4.69, 9.17) is 5.11 Å². The number of carbonyl (C=O) groups is 2. The molecule has 3 aromatic rings. The van der Waals surface area contributed by atoms with Gasteiger partial charge < -0.3 is 9.67 Å². The van der Waals surface area contributed by atoms with Gasteiger partial charge in [-0.25, -0.2) is 4.79 Å². The van der Waals surface area contributed by atoms with E-state index in [1.807, 2.05) is 46.3 Å². The second-order valence-corrected chi connectivity index (χ2v) is 6.59. The summed E-state index contributed by atoms with van der Waals surface area (Å²) in [6, 6.07) is 11.6. The van der Waals surface area contributed by atoms with Crippen LogP contribution in [0.4, 0.5) is 4.79 Å². The van der Waals surface area contributed by atoms with Crippen molar-refractivity contribution in [2.24, 2.45) is 0 Å². The number of nitrogens with zero attached hydrogens (tertiary/aromatic N) is 1. The van der Waals surface area contributed by atoms with E-state index in [1.165, 1.54) is 0 Å². The lowest BCUT2D eigenvalue weighted by atomic mass is 10.2. The first kappa shape index (κ1) is 15.1. The van der Waals surface area contributed by atoms with Gasteiger partial charge in [-0.15, -0.1) is 0 Å². The third-order valence-corrected chi connectivity index (χ3v) is 4.32. The van der Waals surface area contributed by atoms with Gasteiger partial charge in [0, 0.05) is 30.8 Å². The Labute approximate surface area is 142 Å². The van der Waals surface area contributed by atoms with Crippen LogP contribution in [0.2, 0.25) is 0 Å². The van der Waals surface area contributed by atoms with E-state index in [2.05, 4.69) is 31.9 Å². The maximum absolute atomic E-state index is 11.8. The van der Waals surface area contributed by atoms with Gasteiger partial charge in [0.05, 0.1) is 0 Å². The maximum atomic E-state index is 11.8. The number of nitrogens with one attached hydrogen (secondary N) is 1. The van der Waals surface area contributed by atoms with E-state index in [0.717, 1.165) is 30.8 Å². The van der Waals surface area contributed by atoms with Crippen molar-refractivity contribution in [1.82, 2.24) is 9.88 Å². The van der Waals surface area contributed by atoms with Crippen LogP contribution < -0.4 is 5.32 Å². The van der Waals surface area contributed by atoms with Gasteiger partial charge in [-0.1, -0.05) is 31.9 Å². The molecule has 0 saturated heterocycles. The molecule has 0 aliphatic heterocycles. The summed E-state index contributed by atoms with van der Waals surface area (Å²) in [5, 5.41) is 12.5. The quantitative estimate of drug-likeness (QED) is 0.648. The third kappa shape index (κ3) is 2.74. The van der Waals surface area contributed by atoms with Crippen molar-refractivity contribution in [3.05, 3.63) is 45.3 Å². The molecule has 0 aliphatic carbocycles. The van der Waals surface area contributed by atoms with Crippen molar-refractivity contribution in [2.75, 3.05) is 0 Å². The summed E-state index contributed by atoms with van der Waals surface area (Å²) in [5.41, 5.74) is 1.74. The first-order chi connectivity index (χ1) is 10.5. The van der Waals surface area contributed by atoms with Crippen molar-refractivity contribution >= 4 is 65.7 Å². The van der Waals surface area contributed by atoms with E-state index in [9.17, 15) is 9.59 Å². The van der Waals surface area contributed by atoms with Crippen LogP contribution in [0.25, 0.3) is 21.8 Å². The Hall–Kier alpha value is -1.86. The number of imide groups is 1. The fourth-order valence-electron chi connectivity index (χ4n) is 2.52. The maximum Gasteiger partial charge on any atom is 0.411 e. The first-order valence-electron chi connectivity index (χ1n) is 6.35. The van der Waals surface area contributed by atoms with Gasteiger partial charge in [0.2, 0.25) is 5.91 Å². The Morgan fingerprint density at radius 3 is 1.95 bits per heavy atom. The zero-order chi connectivity index (χ0) is 15.9. The molecule has 1 aromatic heterocycles. The third-order valence-electron chi connectivity index (χ3n) is 3.34. The van der Waals surface area contributed by atoms with Gasteiger partial charge in [-0.3, -0.25) is 10.1 Å². The van der Waals surface area contributed by atoms with E-state index in [0.29, 0.717) is 0 Å². The molecule has 0 unspecified atom stereocenters. The molecule has 2 aromatic carbocycles. The molecule has 0 fully saturated rings. The minimum Gasteiger partial charge on any atom is -0.465 e. The number of fused-ring (bicyclic) bond motifs is 3. The van der Waals surface area contributed by atoms with Gasteiger partial charge in [-0.2, -0.15) is 0 Å². The van der Waals surface area contributed by atoms with Crippen molar-refractivity contribution in [1.29, 1.82) is 0 Å². The fourth-order valence-corrected chi connectivity index (χ4v) is 3.24. The van der Waals surface area contributed by atoms with E-state index in [1.54, 1.807) is 0 Å². The number of hydrogen-bond acceptors (Lipinski definition) is 2. The second-order valence-electron chi connectivity index (χ2n) is 4.76. The highest BCUT2D eigenvalue weighted by Crippen LogP contribution is 2.32. The molecule has 112 valence electrons. The molecule has 0 atom stereocenters. The molecule has 0 radical (unpaired) electrons. The summed E-state index contributed by atoms with van der Waals surface area (Å²) < 4.78 is 3.69. The normalized spacial score (nSPS) is 11.0. The summed E-state index contributed by atoms with van der Waals surface area (Å²) in [6.45, 7) is -0.0600. The fraction of sp³-hybridized carbons (Fsp3) is 0.0667. The SMILES string of the molecule is O=C(O)NC(=O)Cn1c2ccc(Br)cc2c2cc(Br)ccc21. The van der Waals surface area contributed by atoms with Crippen LogP contribution in [0, 0.1) is 0 Å². The molecule has 0 saturated carbocycles. The lowest BCUT2D eigenvalue weighted by Gasteiger charge is -2.06. The number of carbonyl (C=O) groups excluding carboxylic acids is 1. The van der Waals surface area contributed by atoms with Crippen LogP contribution >= 0.6 is 31.9 Å². The molecule has 1 heterocycles. The van der Waals surface area contributed by atoms with Gasteiger partial charge >= 0.3 is 6.09 Å². The molecule has 2 amide bonds. The summed E-state index contributed by atoms with van der Waals surface area (Å²) in [6.07, 6.45) is -1.35. The van der Waals surface area contributed by atoms with Crippen LogP contribution in [0.15, 0.2) is 45.3 Å². The average molecular weight is 426 g/mol. The number of aromatic nitrogens is 1. The monoisotopic (exact) mass is 424 g/mol. The van der Waals surface area contributed by atoms with Crippen molar-refractivity contribution in [2.45, 2.75) is 6.54 Å². The second kappa shape index (κ2) is 5.73. The summed E-state index contributed by atoms with van der Waals surface area (Å²) >= 11 is 6.90. The summed E-state index contributed by atoms with van der Waals surface area (Å²) in [5.74, 6) is -0.572. The highest BCUT2D eigenvalue weighted by Gasteiger charge is 2.15. The molecule has 2 N–H and O–H groups in total. The Kier molecular flexibility index (Phi) is 3.92. The van der Waals surface area contributed by atoms with Gasteiger partial charge in [0.15, 0.2) is 0 Å². The van der Waals surface area contributed by atoms with E-state index >= 15 is 0 Å². The lowest BCUT2D eigenvalue weighted by Crippen LogP contribution is -2.31. The zero-order valence-corrected chi connectivity index (χ0v) is 14.3. The highest BCUT2D eigenvalue weighted by atomic mass is 79.9. The number of benzene rings is 2. The van der Waals surface area contributed by atoms with Crippen LogP contribution in [0.5, 0.6) is 0 Å². The average Bonchev–Trinajstić information content (AvgIpc) is 2.71. The molecular formula is C15H10Br2N2O3. The first-order valence-corrected chi connectivity index (χ1v) is 7.94. The van der Waals surface area contributed by atoms with Crippen molar-refractivity contribution < 1.29 is 14.7 Å². The molecule has 5 nitrogen and oxygen atoms in total. The molecule has 22 heavy (non-hydrogen) atoms. The zero-order valence-electron chi connectivity index (χ0n) is 11.1.